The van der Waals surface area contributed by atoms with Gasteiger partial charge in [-0.15, -0.1) is 0 Å². The van der Waals surface area contributed by atoms with Crippen LogP contribution in [-0.4, -0.2) is 46.8 Å². The van der Waals surface area contributed by atoms with Crippen LogP contribution in [-0.2, 0) is 11.8 Å². The zero-order valence-corrected chi connectivity index (χ0v) is 10.6. The summed E-state index contributed by atoms with van der Waals surface area (Å²) in [6.45, 7) is 5.32. The van der Waals surface area contributed by atoms with Crippen LogP contribution in [0.5, 0.6) is 0 Å². The van der Waals surface area contributed by atoms with Gasteiger partial charge in [-0.3, -0.25) is 4.68 Å². The first-order valence-corrected chi connectivity index (χ1v) is 5.83. The van der Waals surface area contributed by atoms with Crippen LogP contribution >= 0.6 is 0 Å². The molecule has 2 unspecified atom stereocenters. The molecule has 0 aliphatic carbocycles. The molecule has 2 rings (SSSR count). The molecule has 2 atom stereocenters. The van der Waals surface area contributed by atoms with E-state index in [0.717, 1.165) is 18.1 Å². The number of nitrogen functional groups attached to an aromatic ring is 1. The van der Waals surface area contributed by atoms with Gasteiger partial charge in [0.15, 0.2) is 5.82 Å². The lowest BCUT2D eigenvalue weighted by atomic mass is 10.2. The lowest BCUT2D eigenvalue weighted by Gasteiger charge is -2.37. The van der Waals surface area contributed by atoms with E-state index in [1.54, 1.807) is 4.68 Å². The van der Waals surface area contributed by atoms with Gasteiger partial charge in [0.1, 0.15) is 0 Å². The summed E-state index contributed by atoms with van der Waals surface area (Å²) in [4.78, 5) is 2.13. The van der Waals surface area contributed by atoms with Crippen LogP contribution in [0.25, 0.3) is 0 Å². The second-order valence-corrected chi connectivity index (χ2v) is 4.60. The van der Waals surface area contributed by atoms with Gasteiger partial charge in [-0.05, 0) is 13.8 Å². The number of anilines is 2. The first kappa shape index (κ1) is 12.2. The number of ether oxygens (including phenoxy) is 1. The van der Waals surface area contributed by atoms with Crippen LogP contribution in [0.1, 0.15) is 12.6 Å². The maximum absolute atomic E-state index is 9.21. The van der Waals surface area contributed by atoms with E-state index < -0.39 is 0 Å². The number of aryl methyl sites for hydroxylation is 2. The number of morpholine rings is 1. The molecule has 0 amide bonds. The third-order valence-electron chi connectivity index (χ3n) is 3.07. The summed E-state index contributed by atoms with van der Waals surface area (Å²) < 4.78 is 7.40. The van der Waals surface area contributed by atoms with Crippen LogP contribution in [0.3, 0.4) is 0 Å². The molecule has 96 valence electrons. The molecule has 3 N–H and O–H groups in total. The molecule has 1 saturated heterocycles. The number of aliphatic hydroxyl groups is 1. The SMILES string of the molecule is Cc1nn(C)c(N2CC(C)OC(CO)C2)c1N. The third kappa shape index (κ3) is 2.23. The summed E-state index contributed by atoms with van der Waals surface area (Å²) in [7, 11) is 1.88. The van der Waals surface area contributed by atoms with Crippen molar-refractivity contribution in [1.29, 1.82) is 0 Å². The number of rotatable bonds is 2. The van der Waals surface area contributed by atoms with Crippen molar-refractivity contribution in [2.24, 2.45) is 7.05 Å². The molecule has 1 aromatic rings. The number of aromatic nitrogens is 2. The van der Waals surface area contributed by atoms with Crippen molar-refractivity contribution in [2.45, 2.75) is 26.1 Å². The summed E-state index contributed by atoms with van der Waals surface area (Å²) >= 11 is 0. The number of hydrogen-bond acceptors (Lipinski definition) is 5. The molecular formula is C11H20N4O2. The van der Waals surface area contributed by atoms with Crippen molar-refractivity contribution >= 4 is 11.5 Å². The normalized spacial score (nSPS) is 25.3. The van der Waals surface area contributed by atoms with Crippen molar-refractivity contribution in [3.8, 4) is 0 Å². The first-order chi connectivity index (χ1) is 8.02. The van der Waals surface area contributed by atoms with Gasteiger partial charge in [-0.1, -0.05) is 0 Å². The Bertz CT molecular complexity index is 404. The van der Waals surface area contributed by atoms with E-state index in [-0.39, 0.29) is 18.8 Å². The molecule has 6 nitrogen and oxygen atoms in total. The summed E-state index contributed by atoms with van der Waals surface area (Å²) in [5.74, 6) is 0.913. The van der Waals surface area contributed by atoms with Crippen LogP contribution in [0, 0.1) is 6.92 Å². The standard InChI is InChI=1S/C11H20N4O2/c1-7-4-15(5-9(6-16)17-7)11-10(12)8(2)13-14(11)3/h7,9,16H,4-6,12H2,1-3H3. The maximum atomic E-state index is 9.21. The smallest absolute Gasteiger partial charge is 0.150 e. The minimum absolute atomic E-state index is 0.0254. The van der Waals surface area contributed by atoms with Gasteiger partial charge in [0.05, 0.1) is 30.2 Å². The molecule has 0 bridgehead atoms. The lowest BCUT2D eigenvalue weighted by Crippen LogP contribution is -2.48. The molecular weight excluding hydrogens is 220 g/mol. The fourth-order valence-corrected chi connectivity index (χ4v) is 2.36. The van der Waals surface area contributed by atoms with E-state index in [9.17, 15) is 5.11 Å². The van der Waals surface area contributed by atoms with Gasteiger partial charge in [0.25, 0.3) is 0 Å². The number of aliphatic hydroxyl groups excluding tert-OH is 1. The van der Waals surface area contributed by atoms with Crippen LogP contribution in [0.4, 0.5) is 11.5 Å². The van der Waals surface area contributed by atoms with Crippen molar-refractivity contribution in [3.05, 3.63) is 5.69 Å². The predicted molar refractivity (Wildman–Crippen MR) is 66.0 cm³/mol. The van der Waals surface area contributed by atoms with E-state index in [2.05, 4.69) is 10.00 Å². The number of nitrogens with zero attached hydrogens (tertiary/aromatic N) is 3. The van der Waals surface area contributed by atoms with Gasteiger partial charge < -0.3 is 20.5 Å². The predicted octanol–water partition coefficient (Wildman–Crippen LogP) is -0.103. The van der Waals surface area contributed by atoms with Gasteiger partial charge in [-0.2, -0.15) is 5.10 Å². The highest BCUT2D eigenvalue weighted by Crippen LogP contribution is 2.28. The Kier molecular flexibility index (Phi) is 3.26. The average molecular weight is 240 g/mol. The molecule has 2 heterocycles. The highest BCUT2D eigenvalue weighted by Gasteiger charge is 2.28. The molecule has 0 spiro atoms. The Morgan fingerprint density at radius 2 is 2.24 bits per heavy atom. The first-order valence-electron chi connectivity index (χ1n) is 5.83. The second kappa shape index (κ2) is 4.54. The largest absolute Gasteiger partial charge is 0.394 e. The minimum Gasteiger partial charge on any atom is -0.394 e. The minimum atomic E-state index is -0.159. The Morgan fingerprint density at radius 1 is 1.53 bits per heavy atom. The summed E-state index contributed by atoms with van der Waals surface area (Å²) in [6, 6.07) is 0. The molecule has 6 heteroatoms. The highest BCUT2D eigenvalue weighted by atomic mass is 16.5. The average Bonchev–Trinajstić information content (AvgIpc) is 2.52. The highest BCUT2D eigenvalue weighted by molar-refractivity contribution is 5.66. The van der Waals surface area contributed by atoms with Crippen molar-refractivity contribution in [3.63, 3.8) is 0 Å². The summed E-state index contributed by atoms with van der Waals surface area (Å²) in [6.07, 6.45) is -0.0798. The Balaban J connectivity index is 2.26. The van der Waals surface area contributed by atoms with E-state index in [4.69, 9.17) is 10.5 Å². The molecule has 0 saturated carbocycles. The molecule has 17 heavy (non-hydrogen) atoms. The zero-order valence-electron chi connectivity index (χ0n) is 10.6. The molecule has 0 radical (unpaired) electrons. The van der Waals surface area contributed by atoms with Crippen molar-refractivity contribution < 1.29 is 9.84 Å². The Morgan fingerprint density at radius 3 is 2.76 bits per heavy atom. The van der Waals surface area contributed by atoms with E-state index in [1.165, 1.54) is 0 Å². The molecule has 1 aliphatic heterocycles. The third-order valence-corrected chi connectivity index (χ3v) is 3.07. The van der Waals surface area contributed by atoms with Gasteiger partial charge in [0, 0.05) is 20.1 Å². The lowest BCUT2D eigenvalue weighted by molar-refractivity contribution is -0.0424. The quantitative estimate of drug-likeness (QED) is 0.754. The van der Waals surface area contributed by atoms with Crippen molar-refractivity contribution in [2.75, 3.05) is 30.3 Å². The summed E-state index contributed by atoms with van der Waals surface area (Å²) in [5, 5.41) is 13.5. The van der Waals surface area contributed by atoms with Gasteiger partial charge in [-0.25, -0.2) is 0 Å². The Hall–Kier alpha value is -1.27. The van der Waals surface area contributed by atoms with E-state index >= 15 is 0 Å². The second-order valence-electron chi connectivity index (χ2n) is 4.60. The fourth-order valence-electron chi connectivity index (χ4n) is 2.36. The fraction of sp³-hybridized carbons (Fsp3) is 0.727. The van der Waals surface area contributed by atoms with Crippen LogP contribution < -0.4 is 10.6 Å². The monoisotopic (exact) mass is 240 g/mol. The topological polar surface area (TPSA) is 76.5 Å². The van der Waals surface area contributed by atoms with Crippen molar-refractivity contribution in [1.82, 2.24) is 9.78 Å². The summed E-state index contributed by atoms with van der Waals surface area (Å²) in [5.41, 5.74) is 7.58. The van der Waals surface area contributed by atoms with Gasteiger partial charge >= 0.3 is 0 Å². The van der Waals surface area contributed by atoms with E-state index in [1.807, 2.05) is 20.9 Å². The van der Waals surface area contributed by atoms with Crippen LogP contribution in [0.15, 0.2) is 0 Å². The molecule has 1 aliphatic rings. The molecule has 1 aromatic heterocycles. The Labute approximate surface area is 101 Å². The number of nitrogens with two attached hydrogens (primary N) is 1. The van der Waals surface area contributed by atoms with Crippen LogP contribution in [0.2, 0.25) is 0 Å². The number of hydrogen-bond donors (Lipinski definition) is 2. The van der Waals surface area contributed by atoms with E-state index in [0.29, 0.717) is 12.2 Å². The zero-order chi connectivity index (χ0) is 12.6. The van der Waals surface area contributed by atoms with Gasteiger partial charge in [0.2, 0.25) is 0 Å². The molecule has 0 aromatic carbocycles. The molecule has 1 fully saturated rings. The maximum Gasteiger partial charge on any atom is 0.150 e.